The molecule has 2 heteroatoms. The zero-order valence-corrected chi connectivity index (χ0v) is 7.86. The molecular weight excluding hydrogens is 174 g/mol. The van der Waals surface area contributed by atoms with Gasteiger partial charge in [-0.3, -0.25) is 4.79 Å². The molecular formula is C12H11NO. The Morgan fingerprint density at radius 1 is 1.29 bits per heavy atom. The van der Waals surface area contributed by atoms with Crippen LogP contribution in [-0.4, -0.2) is 17.4 Å². The summed E-state index contributed by atoms with van der Waals surface area (Å²) in [4.78, 5) is 14.1. The molecule has 4 aliphatic rings. The molecule has 0 N–H and O–H groups in total. The van der Waals surface area contributed by atoms with Crippen LogP contribution in [0.2, 0.25) is 0 Å². The molecule has 5 rings (SSSR count). The Morgan fingerprint density at radius 3 is 2.93 bits per heavy atom. The highest BCUT2D eigenvalue weighted by Crippen LogP contribution is 2.61. The van der Waals surface area contributed by atoms with E-state index in [0.717, 1.165) is 18.0 Å². The number of carbonyl (C=O) groups excluding carboxylic acids is 1. The van der Waals surface area contributed by atoms with Crippen molar-refractivity contribution in [1.82, 2.24) is 4.90 Å². The van der Waals surface area contributed by atoms with Gasteiger partial charge in [-0.1, -0.05) is 18.2 Å². The van der Waals surface area contributed by atoms with Crippen LogP contribution in [0.4, 0.5) is 0 Å². The lowest BCUT2D eigenvalue weighted by atomic mass is 9.69. The van der Waals surface area contributed by atoms with Gasteiger partial charge in [0.15, 0.2) is 0 Å². The Bertz CT molecular complexity index is 445. The largest absolute Gasteiger partial charge is 0.329 e. The minimum absolute atomic E-state index is 0.137. The zero-order chi connectivity index (χ0) is 9.34. The average Bonchev–Trinajstić information content (AvgIpc) is 2.75. The highest BCUT2D eigenvalue weighted by molar-refractivity contribution is 6.00. The second-order valence-corrected chi connectivity index (χ2v) is 4.77. The van der Waals surface area contributed by atoms with Crippen molar-refractivity contribution in [3.05, 3.63) is 35.4 Å². The summed E-state index contributed by atoms with van der Waals surface area (Å²) in [6, 6.07) is 8.12. The van der Waals surface area contributed by atoms with E-state index in [4.69, 9.17) is 0 Å². The third-order valence-corrected chi connectivity index (χ3v) is 4.11. The van der Waals surface area contributed by atoms with Gasteiger partial charge in [0, 0.05) is 12.1 Å². The zero-order valence-electron chi connectivity index (χ0n) is 7.86. The van der Waals surface area contributed by atoms with E-state index < -0.39 is 0 Å². The summed E-state index contributed by atoms with van der Waals surface area (Å²) in [7, 11) is 0. The molecule has 2 nitrogen and oxygen atoms in total. The van der Waals surface area contributed by atoms with E-state index in [2.05, 4.69) is 17.0 Å². The van der Waals surface area contributed by atoms with Gasteiger partial charge in [0.1, 0.15) is 0 Å². The SMILES string of the molecule is O=C1c2ccccc2C23CC(CN12)C3. The first-order valence-electron chi connectivity index (χ1n) is 5.23. The molecule has 0 aromatic heterocycles. The molecule has 70 valence electrons. The van der Waals surface area contributed by atoms with Crippen LogP contribution in [-0.2, 0) is 5.54 Å². The second kappa shape index (κ2) is 1.88. The lowest BCUT2D eigenvalue weighted by Gasteiger charge is -2.38. The van der Waals surface area contributed by atoms with E-state index in [1.807, 2.05) is 12.1 Å². The van der Waals surface area contributed by atoms with Crippen LogP contribution in [0.25, 0.3) is 0 Å². The fourth-order valence-electron chi connectivity index (χ4n) is 3.54. The average molecular weight is 185 g/mol. The van der Waals surface area contributed by atoms with Crippen molar-refractivity contribution in [1.29, 1.82) is 0 Å². The molecule has 1 saturated carbocycles. The summed E-state index contributed by atoms with van der Waals surface area (Å²) in [5.74, 6) is 1.05. The predicted molar refractivity (Wildman–Crippen MR) is 51.9 cm³/mol. The van der Waals surface area contributed by atoms with Gasteiger partial charge >= 0.3 is 0 Å². The monoisotopic (exact) mass is 185 g/mol. The lowest BCUT2D eigenvalue weighted by molar-refractivity contribution is 0.0644. The predicted octanol–water partition coefficient (Wildman–Crippen LogP) is 1.76. The Labute approximate surface area is 82.5 Å². The number of hydrogen-bond acceptors (Lipinski definition) is 1. The number of fused-ring (bicyclic) bond motifs is 1. The van der Waals surface area contributed by atoms with Crippen molar-refractivity contribution < 1.29 is 4.79 Å². The van der Waals surface area contributed by atoms with Gasteiger partial charge in [0.2, 0.25) is 0 Å². The summed E-state index contributed by atoms with van der Waals surface area (Å²) < 4.78 is 0. The van der Waals surface area contributed by atoms with Crippen molar-refractivity contribution in [3.63, 3.8) is 0 Å². The van der Waals surface area contributed by atoms with Crippen LogP contribution in [0.5, 0.6) is 0 Å². The van der Waals surface area contributed by atoms with Crippen molar-refractivity contribution in [2.75, 3.05) is 6.54 Å². The normalized spacial score (nSPS) is 36.7. The van der Waals surface area contributed by atoms with Crippen LogP contribution >= 0.6 is 0 Å². The van der Waals surface area contributed by atoms with Crippen molar-refractivity contribution >= 4 is 5.91 Å². The first-order valence-corrected chi connectivity index (χ1v) is 5.23. The van der Waals surface area contributed by atoms with Crippen LogP contribution in [0.1, 0.15) is 28.8 Å². The summed E-state index contributed by atoms with van der Waals surface area (Å²) in [5, 5.41) is 0. The standard InChI is InChI=1S/C12H11NO/c14-11-9-3-1-2-4-10(9)12-5-8(6-12)7-13(11)12/h1-4,8H,5-7H2. The van der Waals surface area contributed by atoms with Crippen LogP contribution in [0.3, 0.4) is 0 Å². The Hall–Kier alpha value is -1.31. The molecule has 3 heterocycles. The molecule has 2 saturated heterocycles. The second-order valence-electron chi connectivity index (χ2n) is 4.77. The van der Waals surface area contributed by atoms with Gasteiger partial charge in [0.25, 0.3) is 5.91 Å². The summed E-state index contributed by atoms with van der Waals surface area (Å²) in [6.07, 6.45) is 2.41. The number of rotatable bonds is 0. The molecule has 0 atom stereocenters. The molecule has 0 unspecified atom stereocenters. The van der Waals surface area contributed by atoms with Gasteiger partial charge in [-0.2, -0.15) is 0 Å². The van der Waals surface area contributed by atoms with Crippen molar-refractivity contribution in [3.8, 4) is 0 Å². The van der Waals surface area contributed by atoms with E-state index in [1.165, 1.54) is 18.4 Å². The molecule has 3 fully saturated rings. The van der Waals surface area contributed by atoms with E-state index in [-0.39, 0.29) is 11.4 Å². The Morgan fingerprint density at radius 2 is 2.07 bits per heavy atom. The lowest BCUT2D eigenvalue weighted by Crippen LogP contribution is -2.39. The van der Waals surface area contributed by atoms with Crippen LogP contribution in [0.15, 0.2) is 24.3 Å². The van der Waals surface area contributed by atoms with Crippen LogP contribution < -0.4 is 0 Å². The molecule has 14 heavy (non-hydrogen) atoms. The number of nitrogens with zero attached hydrogens (tertiary/aromatic N) is 1. The molecule has 1 aliphatic carbocycles. The fraction of sp³-hybridized carbons (Fsp3) is 0.417. The maximum absolute atomic E-state index is 12.0. The quantitative estimate of drug-likeness (QED) is 0.603. The van der Waals surface area contributed by atoms with E-state index in [0.29, 0.717) is 0 Å². The maximum Gasteiger partial charge on any atom is 0.254 e. The number of amides is 1. The number of carbonyl (C=O) groups is 1. The number of benzene rings is 1. The molecule has 2 bridgehead atoms. The minimum Gasteiger partial charge on any atom is -0.329 e. The summed E-state index contributed by atoms with van der Waals surface area (Å²) in [5.41, 5.74) is 2.38. The van der Waals surface area contributed by atoms with Gasteiger partial charge in [-0.25, -0.2) is 0 Å². The third kappa shape index (κ3) is 0.526. The van der Waals surface area contributed by atoms with Crippen LogP contribution in [0, 0.1) is 5.92 Å². The summed E-state index contributed by atoms with van der Waals surface area (Å²) >= 11 is 0. The first kappa shape index (κ1) is 7.04. The smallest absolute Gasteiger partial charge is 0.254 e. The minimum atomic E-state index is 0.137. The fourth-order valence-corrected chi connectivity index (χ4v) is 3.54. The Kier molecular flexibility index (Phi) is 0.944. The molecule has 3 aliphatic heterocycles. The molecule has 1 aromatic rings. The van der Waals surface area contributed by atoms with Crippen molar-refractivity contribution in [2.45, 2.75) is 18.4 Å². The maximum atomic E-state index is 12.0. The number of hydrogen-bond donors (Lipinski definition) is 0. The topological polar surface area (TPSA) is 20.3 Å². The van der Waals surface area contributed by atoms with Gasteiger partial charge in [-0.05, 0) is 30.4 Å². The molecule has 1 aromatic carbocycles. The van der Waals surface area contributed by atoms with E-state index >= 15 is 0 Å². The van der Waals surface area contributed by atoms with E-state index in [1.54, 1.807) is 0 Å². The highest BCUT2D eigenvalue weighted by Gasteiger charge is 2.63. The Balaban J connectivity index is 2.03. The van der Waals surface area contributed by atoms with E-state index in [9.17, 15) is 4.79 Å². The van der Waals surface area contributed by atoms with Gasteiger partial charge in [-0.15, -0.1) is 0 Å². The van der Waals surface area contributed by atoms with Gasteiger partial charge < -0.3 is 4.90 Å². The van der Waals surface area contributed by atoms with Crippen molar-refractivity contribution in [2.24, 2.45) is 5.92 Å². The third-order valence-electron chi connectivity index (χ3n) is 4.11. The molecule has 1 amide bonds. The first-order chi connectivity index (χ1) is 6.81. The highest BCUT2D eigenvalue weighted by atomic mass is 16.2. The summed E-state index contributed by atoms with van der Waals surface area (Å²) in [6.45, 7) is 0.994. The molecule has 0 radical (unpaired) electrons. The van der Waals surface area contributed by atoms with Gasteiger partial charge in [0.05, 0.1) is 5.54 Å². The molecule has 1 spiro atoms.